The lowest BCUT2D eigenvalue weighted by molar-refractivity contribution is 0.183. The molecule has 1 saturated heterocycles. The molecule has 1 fully saturated rings. The molecule has 0 spiro atoms. The van der Waals surface area contributed by atoms with Crippen LogP contribution in [-0.4, -0.2) is 19.3 Å². The molecule has 2 nitrogen and oxygen atoms in total. The van der Waals surface area contributed by atoms with Crippen LogP contribution in [0, 0.1) is 11.7 Å². The van der Waals surface area contributed by atoms with Gasteiger partial charge in [-0.1, -0.05) is 0 Å². The molecule has 0 saturated carbocycles. The average molecular weight is 288 g/mol. The van der Waals surface area contributed by atoms with Crippen LogP contribution in [0.4, 0.5) is 10.1 Å². The molecule has 1 aliphatic heterocycles. The normalized spacial score (nSPS) is 22.1. The first-order valence-corrected chi connectivity index (χ1v) is 6.25. The summed E-state index contributed by atoms with van der Waals surface area (Å²) in [6.45, 7) is 3.75. The molecule has 2 atom stereocenters. The van der Waals surface area contributed by atoms with E-state index < -0.39 is 0 Å². The van der Waals surface area contributed by atoms with Crippen molar-refractivity contribution < 1.29 is 9.13 Å². The maximum atomic E-state index is 13.3. The minimum atomic E-state index is -0.236. The summed E-state index contributed by atoms with van der Waals surface area (Å²) in [6.07, 6.45) is 1.08. The van der Waals surface area contributed by atoms with E-state index in [0.29, 0.717) is 16.4 Å². The van der Waals surface area contributed by atoms with Crippen LogP contribution < -0.4 is 5.32 Å². The molecule has 1 N–H and O–H groups in total. The number of rotatable bonds is 3. The average Bonchev–Trinajstić information content (AvgIpc) is 2.77. The van der Waals surface area contributed by atoms with Crippen LogP contribution in [0.15, 0.2) is 22.7 Å². The lowest BCUT2D eigenvalue weighted by Crippen LogP contribution is -2.26. The Balaban J connectivity index is 1.99. The number of hydrogen-bond donors (Lipinski definition) is 1. The lowest BCUT2D eigenvalue weighted by atomic mass is 10.0. The van der Waals surface area contributed by atoms with Crippen LogP contribution in [0.3, 0.4) is 0 Å². The monoisotopic (exact) mass is 287 g/mol. The fourth-order valence-electron chi connectivity index (χ4n) is 1.91. The molecule has 1 heterocycles. The molecule has 4 heteroatoms. The molecule has 0 amide bonds. The third-order valence-corrected chi connectivity index (χ3v) is 3.63. The van der Waals surface area contributed by atoms with Crippen molar-refractivity contribution in [1.29, 1.82) is 0 Å². The van der Waals surface area contributed by atoms with Crippen LogP contribution >= 0.6 is 15.9 Å². The van der Waals surface area contributed by atoms with E-state index in [1.807, 2.05) is 6.07 Å². The second kappa shape index (κ2) is 5.15. The van der Waals surface area contributed by atoms with Crippen molar-refractivity contribution in [2.45, 2.75) is 19.4 Å². The van der Waals surface area contributed by atoms with Gasteiger partial charge in [0.15, 0.2) is 0 Å². The summed E-state index contributed by atoms with van der Waals surface area (Å²) in [5, 5.41) is 3.31. The third kappa shape index (κ3) is 2.74. The van der Waals surface area contributed by atoms with Crippen molar-refractivity contribution in [1.82, 2.24) is 0 Å². The summed E-state index contributed by atoms with van der Waals surface area (Å²) in [5.41, 5.74) is 0.820. The predicted octanol–water partition coefficient (Wildman–Crippen LogP) is 3.43. The van der Waals surface area contributed by atoms with Crippen molar-refractivity contribution in [2.75, 3.05) is 18.5 Å². The number of benzene rings is 1. The fraction of sp³-hybridized carbons (Fsp3) is 0.500. The molecule has 1 aromatic rings. The van der Waals surface area contributed by atoms with Gasteiger partial charge in [-0.05, 0) is 47.5 Å². The highest BCUT2D eigenvalue weighted by Gasteiger charge is 2.22. The second-order valence-electron chi connectivity index (χ2n) is 4.19. The zero-order valence-electron chi connectivity index (χ0n) is 9.17. The van der Waals surface area contributed by atoms with Crippen molar-refractivity contribution in [3.8, 4) is 0 Å². The molecule has 1 aliphatic rings. The summed E-state index contributed by atoms with van der Waals surface area (Å²) in [7, 11) is 0. The number of halogens is 2. The number of anilines is 1. The van der Waals surface area contributed by atoms with Gasteiger partial charge in [-0.25, -0.2) is 4.39 Å². The Labute approximate surface area is 103 Å². The van der Waals surface area contributed by atoms with Gasteiger partial charge in [-0.3, -0.25) is 0 Å². The number of hydrogen-bond acceptors (Lipinski definition) is 2. The highest BCUT2D eigenvalue weighted by atomic mass is 79.9. The van der Waals surface area contributed by atoms with E-state index >= 15 is 0 Å². The standard InChI is InChI=1S/C12H15BrFNO/c1-8(9-4-5-16-7-9)15-10-2-3-11(13)12(14)6-10/h2-3,6,8-9,15H,4-5,7H2,1H3. The zero-order chi connectivity index (χ0) is 11.5. The molecular formula is C12H15BrFNO. The summed E-state index contributed by atoms with van der Waals surface area (Å²) in [6, 6.07) is 5.41. The van der Waals surface area contributed by atoms with Crippen LogP contribution in [-0.2, 0) is 4.74 Å². The van der Waals surface area contributed by atoms with E-state index in [9.17, 15) is 4.39 Å². The molecule has 0 radical (unpaired) electrons. The highest BCUT2D eigenvalue weighted by molar-refractivity contribution is 9.10. The van der Waals surface area contributed by atoms with Gasteiger partial charge in [-0.15, -0.1) is 0 Å². The van der Waals surface area contributed by atoms with Crippen LogP contribution in [0.25, 0.3) is 0 Å². The smallest absolute Gasteiger partial charge is 0.139 e. The van der Waals surface area contributed by atoms with E-state index in [4.69, 9.17) is 4.74 Å². The lowest BCUT2D eigenvalue weighted by Gasteiger charge is -2.20. The van der Waals surface area contributed by atoms with Gasteiger partial charge in [0, 0.05) is 24.3 Å². The van der Waals surface area contributed by atoms with E-state index in [1.54, 1.807) is 6.07 Å². The fourth-order valence-corrected chi connectivity index (χ4v) is 2.16. The summed E-state index contributed by atoms with van der Waals surface area (Å²) in [4.78, 5) is 0. The molecule has 16 heavy (non-hydrogen) atoms. The van der Waals surface area contributed by atoms with Gasteiger partial charge in [0.25, 0.3) is 0 Å². The largest absolute Gasteiger partial charge is 0.382 e. The summed E-state index contributed by atoms with van der Waals surface area (Å²) >= 11 is 3.14. The van der Waals surface area contributed by atoms with E-state index in [2.05, 4.69) is 28.2 Å². The Morgan fingerprint density at radius 3 is 3.00 bits per heavy atom. The minimum absolute atomic E-state index is 0.236. The van der Waals surface area contributed by atoms with E-state index in [-0.39, 0.29) is 5.82 Å². The van der Waals surface area contributed by atoms with Crippen molar-refractivity contribution >= 4 is 21.6 Å². The molecular weight excluding hydrogens is 273 g/mol. The summed E-state index contributed by atoms with van der Waals surface area (Å²) < 4.78 is 19.1. The van der Waals surface area contributed by atoms with Crippen LogP contribution in [0.2, 0.25) is 0 Å². The first-order valence-electron chi connectivity index (χ1n) is 5.46. The zero-order valence-corrected chi connectivity index (χ0v) is 10.8. The Morgan fingerprint density at radius 1 is 1.56 bits per heavy atom. The Bertz CT molecular complexity index is 366. The Morgan fingerprint density at radius 2 is 2.38 bits per heavy atom. The molecule has 2 rings (SSSR count). The number of ether oxygens (including phenoxy) is 1. The topological polar surface area (TPSA) is 21.3 Å². The summed E-state index contributed by atoms with van der Waals surface area (Å²) in [5.74, 6) is 0.284. The maximum Gasteiger partial charge on any atom is 0.139 e. The first-order chi connectivity index (χ1) is 7.66. The van der Waals surface area contributed by atoms with Gasteiger partial charge < -0.3 is 10.1 Å². The Kier molecular flexibility index (Phi) is 3.82. The molecule has 0 aliphatic carbocycles. The van der Waals surface area contributed by atoms with Crippen molar-refractivity contribution in [3.05, 3.63) is 28.5 Å². The predicted molar refractivity (Wildman–Crippen MR) is 66.1 cm³/mol. The minimum Gasteiger partial charge on any atom is -0.382 e. The molecule has 2 unspecified atom stereocenters. The second-order valence-corrected chi connectivity index (χ2v) is 5.04. The van der Waals surface area contributed by atoms with Gasteiger partial charge in [0.2, 0.25) is 0 Å². The quantitative estimate of drug-likeness (QED) is 0.920. The molecule has 1 aromatic carbocycles. The van der Waals surface area contributed by atoms with Gasteiger partial charge in [0.05, 0.1) is 11.1 Å². The van der Waals surface area contributed by atoms with Gasteiger partial charge in [0.1, 0.15) is 5.82 Å². The maximum absolute atomic E-state index is 13.3. The highest BCUT2D eigenvalue weighted by Crippen LogP contribution is 2.23. The molecule has 88 valence electrons. The van der Waals surface area contributed by atoms with Crippen molar-refractivity contribution in [3.63, 3.8) is 0 Å². The number of nitrogens with one attached hydrogen (secondary N) is 1. The molecule has 0 aromatic heterocycles. The molecule has 0 bridgehead atoms. The van der Waals surface area contributed by atoms with E-state index in [0.717, 1.165) is 25.3 Å². The van der Waals surface area contributed by atoms with Gasteiger partial charge >= 0.3 is 0 Å². The van der Waals surface area contributed by atoms with Crippen molar-refractivity contribution in [2.24, 2.45) is 5.92 Å². The first kappa shape index (κ1) is 11.9. The SMILES string of the molecule is CC(Nc1ccc(Br)c(F)c1)C1CCOC1. The Hall–Kier alpha value is -0.610. The van der Waals surface area contributed by atoms with E-state index in [1.165, 1.54) is 6.07 Å². The van der Waals surface area contributed by atoms with Crippen LogP contribution in [0.1, 0.15) is 13.3 Å². The van der Waals surface area contributed by atoms with Gasteiger partial charge in [-0.2, -0.15) is 0 Å². The van der Waals surface area contributed by atoms with Crippen LogP contribution in [0.5, 0.6) is 0 Å². The third-order valence-electron chi connectivity index (χ3n) is 2.99.